The number of hydrogen-bond acceptors (Lipinski definition) is 4. The first-order chi connectivity index (χ1) is 15.8. The number of imide groups is 1. The molecule has 0 radical (unpaired) electrons. The number of β-lactam (4-membered cyclic amide) rings is 1. The molecule has 178 valence electrons. The summed E-state index contributed by atoms with van der Waals surface area (Å²) in [5, 5.41) is 12.8. The molecule has 2 atom stereocenters. The zero-order valence-corrected chi connectivity index (χ0v) is 20.5. The Balaban J connectivity index is 1.85. The molecule has 0 aliphatic carbocycles. The molecule has 2 aromatic carbocycles. The van der Waals surface area contributed by atoms with Crippen molar-refractivity contribution in [3.63, 3.8) is 0 Å². The number of amides is 3. The van der Waals surface area contributed by atoms with Gasteiger partial charge in [-0.25, -0.2) is 9.69 Å². The second-order valence-electron chi connectivity index (χ2n) is 8.62. The fourth-order valence-electron chi connectivity index (χ4n) is 4.39. The number of aliphatic hydroxyl groups is 1. The number of ether oxygens (including phenoxy) is 1. The number of nitrogens with one attached hydrogen (secondary N) is 1. The number of aliphatic hydroxyl groups excluding tert-OH is 1. The number of aryl methyl sites for hydroxylation is 1. The number of rotatable bonds is 9. The molecule has 6 nitrogen and oxygen atoms in total. The quantitative estimate of drug-likeness (QED) is 0.456. The fraction of sp³-hybridized carbons (Fsp3) is 0.462. The van der Waals surface area contributed by atoms with E-state index in [2.05, 4.69) is 12.2 Å². The van der Waals surface area contributed by atoms with Crippen LogP contribution < -0.4 is 10.1 Å². The molecule has 0 unspecified atom stereocenters. The highest BCUT2D eigenvalue weighted by Crippen LogP contribution is 2.46. The highest BCUT2D eigenvalue weighted by Gasteiger charge is 2.63. The third kappa shape index (κ3) is 4.87. The third-order valence-corrected chi connectivity index (χ3v) is 6.98. The van der Waals surface area contributed by atoms with Gasteiger partial charge in [0, 0.05) is 5.02 Å². The Labute approximate surface area is 200 Å². The molecule has 0 aromatic heterocycles. The van der Waals surface area contributed by atoms with Crippen molar-refractivity contribution >= 4 is 23.5 Å². The number of carbonyl (C=O) groups is 2. The number of nitrogens with zero attached hydrogens (tertiary/aromatic N) is 1. The molecular formula is C26H33ClN2O4. The molecule has 7 heteroatoms. The van der Waals surface area contributed by atoms with Crippen molar-refractivity contribution in [3.8, 4) is 5.75 Å². The highest BCUT2D eigenvalue weighted by molar-refractivity contribution is 6.31. The molecule has 3 amide bonds. The molecule has 1 fully saturated rings. The van der Waals surface area contributed by atoms with E-state index in [1.807, 2.05) is 45.0 Å². The van der Waals surface area contributed by atoms with Crippen molar-refractivity contribution in [3.05, 3.63) is 64.2 Å². The smallest absolute Gasteiger partial charge is 0.327 e. The van der Waals surface area contributed by atoms with Gasteiger partial charge >= 0.3 is 6.03 Å². The summed E-state index contributed by atoms with van der Waals surface area (Å²) in [6, 6.07) is 12.4. The van der Waals surface area contributed by atoms with Crippen LogP contribution in [0.5, 0.6) is 5.75 Å². The van der Waals surface area contributed by atoms with E-state index in [4.69, 9.17) is 16.3 Å². The fourth-order valence-corrected chi connectivity index (χ4v) is 4.62. The predicted molar refractivity (Wildman–Crippen MR) is 129 cm³/mol. The Bertz CT molecular complexity index is 988. The van der Waals surface area contributed by atoms with Gasteiger partial charge in [-0.1, -0.05) is 74.7 Å². The van der Waals surface area contributed by atoms with Crippen LogP contribution in [0.1, 0.15) is 69.2 Å². The maximum absolute atomic E-state index is 13.3. The molecule has 2 N–H and O–H groups in total. The summed E-state index contributed by atoms with van der Waals surface area (Å²) < 4.78 is 6.17. The molecular weight excluding hydrogens is 440 g/mol. The molecule has 0 spiro atoms. The maximum atomic E-state index is 13.3. The third-order valence-electron chi connectivity index (χ3n) is 6.63. The zero-order valence-electron chi connectivity index (χ0n) is 19.7. The van der Waals surface area contributed by atoms with Crippen molar-refractivity contribution in [2.24, 2.45) is 5.41 Å². The van der Waals surface area contributed by atoms with Gasteiger partial charge in [-0.3, -0.25) is 4.79 Å². The van der Waals surface area contributed by atoms with Crippen LogP contribution in [0.3, 0.4) is 0 Å². The first kappa shape index (κ1) is 25.1. The van der Waals surface area contributed by atoms with Gasteiger partial charge in [-0.05, 0) is 49.4 Å². The minimum atomic E-state index is -0.774. The van der Waals surface area contributed by atoms with E-state index in [-0.39, 0.29) is 18.6 Å². The van der Waals surface area contributed by atoms with E-state index < -0.39 is 17.7 Å². The largest absolute Gasteiger partial charge is 0.469 e. The van der Waals surface area contributed by atoms with E-state index in [9.17, 15) is 14.7 Å². The summed E-state index contributed by atoms with van der Waals surface area (Å²) in [5.74, 6) is 0.217. The highest BCUT2D eigenvalue weighted by atomic mass is 35.5. The molecule has 3 rings (SSSR count). The molecule has 1 aliphatic rings. The van der Waals surface area contributed by atoms with Gasteiger partial charge < -0.3 is 15.2 Å². The lowest BCUT2D eigenvalue weighted by atomic mass is 9.72. The lowest BCUT2D eigenvalue weighted by Crippen LogP contribution is -2.73. The van der Waals surface area contributed by atoms with E-state index in [0.29, 0.717) is 29.2 Å². The van der Waals surface area contributed by atoms with Gasteiger partial charge in [0.15, 0.2) is 6.23 Å². The van der Waals surface area contributed by atoms with Gasteiger partial charge in [0.25, 0.3) is 0 Å². The maximum Gasteiger partial charge on any atom is 0.327 e. The summed E-state index contributed by atoms with van der Waals surface area (Å²) in [6.45, 7) is 7.77. The van der Waals surface area contributed by atoms with E-state index in [1.165, 1.54) is 4.90 Å². The molecule has 1 aliphatic heterocycles. The average Bonchev–Trinajstić information content (AvgIpc) is 2.80. The summed E-state index contributed by atoms with van der Waals surface area (Å²) in [7, 11) is 0. The van der Waals surface area contributed by atoms with Gasteiger partial charge in [-0.2, -0.15) is 0 Å². The van der Waals surface area contributed by atoms with E-state index in [1.54, 1.807) is 18.2 Å². The number of halogens is 1. The topological polar surface area (TPSA) is 78.9 Å². The summed E-state index contributed by atoms with van der Waals surface area (Å²) in [6.07, 6.45) is 2.01. The molecule has 2 aromatic rings. The Kier molecular flexibility index (Phi) is 8.03. The normalized spacial score (nSPS) is 17.9. The van der Waals surface area contributed by atoms with Crippen LogP contribution in [0.15, 0.2) is 42.5 Å². The zero-order chi connectivity index (χ0) is 24.2. The minimum absolute atomic E-state index is 0.179. The van der Waals surface area contributed by atoms with E-state index in [0.717, 1.165) is 24.0 Å². The Morgan fingerprint density at radius 1 is 1.18 bits per heavy atom. The van der Waals surface area contributed by atoms with Crippen molar-refractivity contribution < 1.29 is 19.4 Å². The standard InChI is InChI=1S/C26H33ClN2O4/c1-5-8-22(18-11-9-17(4)10-12-18)28-25(32)29-23(31)26(6-2,7-3)24(29)33-20-14-13-19(16-30)21(27)15-20/h9-15,22,24,30H,5-8,16H2,1-4H3,(H,28,32)/t22-,24+/m1/s1. The number of hydrogen-bond donors (Lipinski definition) is 2. The Hall–Kier alpha value is -2.57. The average molecular weight is 473 g/mol. The predicted octanol–water partition coefficient (Wildman–Crippen LogP) is 5.75. The van der Waals surface area contributed by atoms with Crippen LogP contribution in [0.4, 0.5) is 4.79 Å². The van der Waals surface area contributed by atoms with Gasteiger partial charge in [0.2, 0.25) is 5.91 Å². The first-order valence-corrected chi connectivity index (χ1v) is 12.0. The molecule has 1 heterocycles. The van der Waals surface area contributed by atoms with Crippen molar-refractivity contribution in [1.82, 2.24) is 10.2 Å². The summed E-state index contributed by atoms with van der Waals surface area (Å²) in [4.78, 5) is 27.7. The summed E-state index contributed by atoms with van der Waals surface area (Å²) in [5.41, 5.74) is 1.96. The monoisotopic (exact) mass is 472 g/mol. The molecule has 0 saturated carbocycles. The first-order valence-electron chi connectivity index (χ1n) is 11.6. The van der Waals surface area contributed by atoms with Crippen LogP contribution in [0.25, 0.3) is 0 Å². The lowest BCUT2D eigenvalue weighted by molar-refractivity contribution is -0.191. The lowest BCUT2D eigenvalue weighted by Gasteiger charge is -2.53. The van der Waals surface area contributed by atoms with Gasteiger partial charge in [-0.15, -0.1) is 0 Å². The van der Waals surface area contributed by atoms with Crippen molar-refractivity contribution in [2.45, 2.75) is 72.3 Å². The van der Waals surface area contributed by atoms with Crippen LogP contribution in [0.2, 0.25) is 5.02 Å². The van der Waals surface area contributed by atoms with Crippen LogP contribution in [0, 0.1) is 12.3 Å². The number of urea groups is 1. The SMILES string of the molecule is CCC[C@@H](NC(=O)N1C(=O)C(CC)(CC)[C@@H]1Oc1ccc(CO)c(Cl)c1)c1ccc(C)cc1. The number of benzene rings is 2. The molecule has 33 heavy (non-hydrogen) atoms. The van der Waals surface area contributed by atoms with Crippen LogP contribution >= 0.6 is 11.6 Å². The van der Waals surface area contributed by atoms with Crippen molar-refractivity contribution in [1.29, 1.82) is 0 Å². The van der Waals surface area contributed by atoms with Crippen molar-refractivity contribution in [2.75, 3.05) is 0 Å². The number of carbonyl (C=O) groups excluding carboxylic acids is 2. The van der Waals surface area contributed by atoms with Gasteiger partial charge in [0.05, 0.1) is 12.6 Å². The van der Waals surface area contributed by atoms with Crippen LogP contribution in [-0.4, -0.2) is 28.2 Å². The Morgan fingerprint density at radius 2 is 1.85 bits per heavy atom. The number of likely N-dealkylation sites (tertiary alicyclic amines) is 1. The van der Waals surface area contributed by atoms with Crippen LogP contribution in [-0.2, 0) is 11.4 Å². The Morgan fingerprint density at radius 3 is 2.39 bits per heavy atom. The molecule has 0 bridgehead atoms. The van der Waals surface area contributed by atoms with Gasteiger partial charge in [0.1, 0.15) is 11.2 Å². The van der Waals surface area contributed by atoms with E-state index >= 15 is 0 Å². The second-order valence-corrected chi connectivity index (χ2v) is 9.03. The summed E-state index contributed by atoms with van der Waals surface area (Å²) >= 11 is 6.22. The minimum Gasteiger partial charge on any atom is -0.469 e. The molecule has 1 saturated heterocycles. The second kappa shape index (κ2) is 10.6.